The van der Waals surface area contributed by atoms with Crippen molar-refractivity contribution in [1.29, 1.82) is 0 Å². The van der Waals surface area contributed by atoms with Crippen LogP contribution in [0.5, 0.6) is 0 Å². The lowest BCUT2D eigenvalue weighted by atomic mass is 10.2. The monoisotopic (exact) mass is 446 g/mol. The Morgan fingerprint density at radius 3 is 2.79 bits per heavy atom. The second kappa shape index (κ2) is 16.5. The number of pyridine rings is 1. The molecule has 0 saturated carbocycles. The van der Waals surface area contributed by atoms with Crippen LogP contribution in [0.4, 0.5) is 0 Å². The molecule has 1 rings (SSSR count). The van der Waals surface area contributed by atoms with Crippen molar-refractivity contribution in [3.05, 3.63) is 24.4 Å². The number of aromatic nitrogens is 1. The third kappa shape index (κ3) is 12.8. The molecular formula is C19H30N2O6S2. The van der Waals surface area contributed by atoms with Crippen LogP contribution in [0.2, 0.25) is 0 Å². The first kappa shape index (κ1) is 25.7. The highest BCUT2D eigenvalue weighted by Gasteiger charge is 2.16. The number of hydrogen-bond donors (Lipinski definition) is 2. The smallest absolute Gasteiger partial charge is 0.305 e. The van der Waals surface area contributed by atoms with Crippen LogP contribution in [-0.4, -0.2) is 67.0 Å². The van der Waals surface area contributed by atoms with Gasteiger partial charge in [0.25, 0.3) is 0 Å². The lowest BCUT2D eigenvalue weighted by Crippen LogP contribution is -2.30. The standard InChI is InChI=1S/C19H30N2O6S2/c1-3-15(13-22)27-19(25-2)14-26-18(24)9-6-7-16(23)20-11-12-28-29-17-8-4-5-10-21-17/h4-5,8,10,15,19,22H,3,6-7,9,11-14H2,1-2H3,(H,20,23). The number of amides is 1. The zero-order valence-electron chi connectivity index (χ0n) is 16.9. The van der Waals surface area contributed by atoms with Crippen LogP contribution in [0.1, 0.15) is 32.6 Å². The molecule has 1 amide bonds. The molecule has 164 valence electrons. The Labute approximate surface area is 179 Å². The Morgan fingerprint density at radius 2 is 2.14 bits per heavy atom. The Morgan fingerprint density at radius 1 is 1.31 bits per heavy atom. The number of aliphatic hydroxyl groups is 1. The van der Waals surface area contributed by atoms with Gasteiger partial charge in [-0.25, -0.2) is 4.98 Å². The lowest BCUT2D eigenvalue weighted by molar-refractivity contribution is -0.194. The predicted octanol–water partition coefficient (Wildman–Crippen LogP) is 2.41. The summed E-state index contributed by atoms with van der Waals surface area (Å²) in [6.07, 6.45) is 2.11. The van der Waals surface area contributed by atoms with Gasteiger partial charge in [-0.2, -0.15) is 0 Å². The number of carbonyl (C=O) groups is 2. The molecule has 1 aromatic heterocycles. The normalized spacial score (nSPS) is 12.9. The zero-order valence-corrected chi connectivity index (χ0v) is 18.5. The van der Waals surface area contributed by atoms with Crippen LogP contribution in [-0.2, 0) is 23.8 Å². The van der Waals surface area contributed by atoms with Crippen molar-refractivity contribution in [2.75, 3.05) is 32.6 Å². The van der Waals surface area contributed by atoms with E-state index in [4.69, 9.17) is 19.3 Å². The summed E-state index contributed by atoms with van der Waals surface area (Å²) in [4.78, 5) is 27.8. The second-order valence-electron chi connectivity index (χ2n) is 5.97. The minimum atomic E-state index is -0.721. The van der Waals surface area contributed by atoms with Crippen molar-refractivity contribution >= 4 is 33.5 Å². The third-order valence-electron chi connectivity index (χ3n) is 3.72. The molecule has 0 aliphatic rings. The van der Waals surface area contributed by atoms with E-state index in [1.807, 2.05) is 25.1 Å². The Balaban J connectivity index is 2.05. The summed E-state index contributed by atoms with van der Waals surface area (Å²) in [5.41, 5.74) is 0. The first-order valence-electron chi connectivity index (χ1n) is 9.51. The van der Waals surface area contributed by atoms with Gasteiger partial charge in [-0.3, -0.25) is 9.59 Å². The SMILES string of the molecule is CCC(CO)OC(COC(=O)CCCC(=O)NCCSSc1ccccn1)OC. The zero-order chi connectivity index (χ0) is 21.3. The highest BCUT2D eigenvalue weighted by Crippen LogP contribution is 2.28. The first-order valence-corrected chi connectivity index (χ1v) is 11.8. The molecule has 8 nitrogen and oxygen atoms in total. The van der Waals surface area contributed by atoms with Crippen molar-refractivity contribution in [2.45, 2.75) is 50.0 Å². The van der Waals surface area contributed by atoms with E-state index in [-0.39, 0.29) is 38.1 Å². The second-order valence-corrected chi connectivity index (χ2v) is 8.41. The summed E-state index contributed by atoms with van der Waals surface area (Å²) in [5.74, 6) is 0.260. The van der Waals surface area contributed by atoms with Crippen LogP contribution in [0.3, 0.4) is 0 Å². The van der Waals surface area contributed by atoms with Crippen molar-refractivity contribution in [3.8, 4) is 0 Å². The van der Waals surface area contributed by atoms with Gasteiger partial charge in [0, 0.05) is 38.4 Å². The van der Waals surface area contributed by atoms with E-state index in [1.54, 1.807) is 27.8 Å². The number of carbonyl (C=O) groups excluding carboxylic acids is 2. The first-order chi connectivity index (χ1) is 14.1. The van der Waals surface area contributed by atoms with Crippen molar-refractivity contribution in [2.24, 2.45) is 0 Å². The fourth-order valence-electron chi connectivity index (χ4n) is 2.09. The Kier molecular flexibility index (Phi) is 14.6. The molecule has 29 heavy (non-hydrogen) atoms. The number of aliphatic hydroxyl groups excluding tert-OH is 1. The molecule has 0 aliphatic carbocycles. The van der Waals surface area contributed by atoms with E-state index in [2.05, 4.69) is 10.3 Å². The van der Waals surface area contributed by atoms with E-state index < -0.39 is 12.3 Å². The van der Waals surface area contributed by atoms with Gasteiger partial charge in [0.2, 0.25) is 5.91 Å². The fraction of sp³-hybridized carbons (Fsp3) is 0.632. The van der Waals surface area contributed by atoms with Crippen molar-refractivity contribution < 1.29 is 28.9 Å². The van der Waals surface area contributed by atoms with Gasteiger partial charge in [-0.05, 0) is 35.8 Å². The predicted molar refractivity (Wildman–Crippen MR) is 113 cm³/mol. The van der Waals surface area contributed by atoms with E-state index in [0.29, 0.717) is 19.4 Å². The average molecular weight is 447 g/mol. The maximum Gasteiger partial charge on any atom is 0.305 e. The van der Waals surface area contributed by atoms with Gasteiger partial charge in [0.1, 0.15) is 11.6 Å². The number of rotatable bonds is 16. The summed E-state index contributed by atoms with van der Waals surface area (Å²) in [5, 5.41) is 12.9. The summed E-state index contributed by atoms with van der Waals surface area (Å²) in [6, 6.07) is 5.74. The molecule has 2 N–H and O–H groups in total. The quantitative estimate of drug-likeness (QED) is 0.171. The van der Waals surface area contributed by atoms with Gasteiger partial charge in [0.15, 0.2) is 6.29 Å². The molecular weight excluding hydrogens is 416 g/mol. The van der Waals surface area contributed by atoms with Crippen LogP contribution in [0, 0.1) is 0 Å². The van der Waals surface area contributed by atoms with Crippen molar-refractivity contribution in [3.63, 3.8) is 0 Å². The molecule has 1 heterocycles. The summed E-state index contributed by atoms with van der Waals surface area (Å²) in [7, 11) is 4.63. The van der Waals surface area contributed by atoms with E-state index in [9.17, 15) is 9.59 Å². The Hall–Kier alpha value is -1.33. The minimum Gasteiger partial charge on any atom is -0.460 e. The van der Waals surface area contributed by atoms with Gasteiger partial charge in [-0.1, -0.05) is 23.8 Å². The van der Waals surface area contributed by atoms with Gasteiger partial charge in [-0.15, -0.1) is 0 Å². The molecule has 10 heteroatoms. The maximum absolute atomic E-state index is 11.8. The molecule has 0 aromatic carbocycles. The number of methoxy groups -OCH3 is 1. The number of ether oxygens (including phenoxy) is 3. The van der Waals surface area contributed by atoms with Gasteiger partial charge < -0.3 is 24.6 Å². The number of hydrogen-bond acceptors (Lipinski definition) is 9. The topological polar surface area (TPSA) is 107 Å². The highest BCUT2D eigenvalue weighted by atomic mass is 33.1. The van der Waals surface area contributed by atoms with E-state index >= 15 is 0 Å². The summed E-state index contributed by atoms with van der Waals surface area (Å²) >= 11 is 0. The van der Waals surface area contributed by atoms with Crippen LogP contribution in [0.25, 0.3) is 0 Å². The maximum atomic E-state index is 11.8. The molecule has 0 spiro atoms. The molecule has 0 saturated heterocycles. The molecule has 0 aliphatic heterocycles. The van der Waals surface area contributed by atoms with E-state index in [1.165, 1.54) is 7.11 Å². The fourth-order valence-corrected chi connectivity index (χ4v) is 3.88. The minimum absolute atomic E-state index is 0.0524. The van der Waals surface area contributed by atoms with Crippen LogP contribution in [0.15, 0.2) is 29.4 Å². The lowest BCUT2D eigenvalue weighted by Gasteiger charge is -2.21. The van der Waals surface area contributed by atoms with Crippen LogP contribution < -0.4 is 5.32 Å². The average Bonchev–Trinajstić information content (AvgIpc) is 2.74. The van der Waals surface area contributed by atoms with E-state index in [0.717, 1.165) is 10.8 Å². The summed E-state index contributed by atoms with van der Waals surface area (Å²) in [6.45, 7) is 2.26. The molecule has 2 atom stereocenters. The van der Waals surface area contributed by atoms with Crippen LogP contribution >= 0.6 is 21.6 Å². The molecule has 1 aromatic rings. The number of esters is 1. The molecule has 0 bridgehead atoms. The third-order valence-corrected chi connectivity index (χ3v) is 5.99. The largest absolute Gasteiger partial charge is 0.460 e. The number of nitrogens with one attached hydrogen (secondary N) is 1. The molecule has 0 fully saturated rings. The van der Waals surface area contributed by atoms with Crippen molar-refractivity contribution in [1.82, 2.24) is 10.3 Å². The van der Waals surface area contributed by atoms with Gasteiger partial charge in [0.05, 0.1) is 12.7 Å². The summed E-state index contributed by atoms with van der Waals surface area (Å²) < 4.78 is 15.7. The molecule has 2 unspecified atom stereocenters. The number of nitrogens with zero attached hydrogens (tertiary/aromatic N) is 1. The Bertz CT molecular complexity index is 575. The van der Waals surface area contributed by atoms with Gasteiger partial charge >= 0.3 is 5.97 Å². The highest BCUT2D eigenvalue weighted by molar-refractivity contribution is 8.76. The molecule has 0 radical (unpaired) electrons.